The zero-order chi connectivity index (χ0) is 7.82. The van der Waals surface area contributed by atoms with E-state index in [0.717, 1.165) is 19.3 Å². The number of hydrogen-bond donors (Lipinski definition) is 3. The molecule has 0 heterocycles. The first-order valence-corrected chi connectivity index (χ1v) is 3.44. The van der Waals surface area contributed by atoms with Crippen LogP contribution in [0.15, 0.2) is 0 Å². The van der Waals surface area contributed by atoms with Crippen molar-refractivity contribution in [1.82, 2.24) is 0 Å². The molecule has 0 bridgehead atoms. The van der Waals surface area contributed by atoms with Gasteiger partial charge in [-0.25, -0.2) is 4.89 Å². The molecule has 1 atom stereocenters. The maximum absolute atomic E-state index is 8.39. The molecule has 0 radical (unpaired) electrons. The van der Waals surface area contributed by atoms with Crippen LogP contribution in [0.25, 0.3) is 0 Å². The molecular formula is C6H15NO3. The third-order valence-corrected chi connectivity index (χ3v) is 1.27. The lowest BCUT2D eigenvalue weighted by molar-refractivity contribution is -0.245. The summed E-state index contributed by atoms with van der Waals surface area (Å²) in [5, 5.41) is 16.4. The van der Waals surface area contributed by atoms with Crippen molar-refractivity contribution in [2.45, 2.75) is 25.3 Å². The van der Waals surface area contributed by atoms with Gasteiger partial charge in [-0.1, -0.05) is 0 Å². The van der Waals surface area contributed by atoms with E-state index >= 15 is 0 Å². The van der Waals surface area contributed by atoms with E-state index in [1.165, 1.54) is 0 Å². The number of nitrogens with two attached hydrogens (primary N) is 1. The number of hydrogen-bond acceptors (Lipinski definition) is 4. The molecule has 0 aromatic carbocycles. The highest BCUT2D eigenvalue weighted by molar-refractivity contribution is 4.58. The smallest absolute Gasteiger partial charge is 0.0970 e. The minimum atomic E-state index is -0.114. The van der Waals surface area contributed by atoms with Gasteiger partial charge in [0, 0.05) is 12.6 Å². The van der Waals surface area contributed by atoms with Crippen molar-refractivity contribution in [3.05, 3.63) is 0 Å². The molecule has 4 nitrogen and oxygen atoms in total. The van der Waals surface area contributed by atoms with Crippen LogP contribution in [-0.2, 0) is 4.89 Å². The number of aliphatic hydroxyl groups is 1. The summed E-state index contributed by atoms with van der Waals surface area (Å²) in [6, 6.07) is -0.114. The summed E-state index contributed by atoms with van der Waals surface area (Å²) < 4.78 is 0. The molecule has 0 aliphatic carbocycles. The maximum Gasteiger partial charge on any atom is 0.0970 e. The Hall–Kier alpha value is -0.160. The van der Waals surface area contributed by atoms with Crippen LogP contribution in [-0.4, -0.2) is 29.6 Å². The fourth-order valence-corrected chi connectivity index (χ4v) is 0.697. The van der Waals surface area contributed by atoms with Gasteiger partial charge in [-0.3, -0.25) is 5.26 Å². The lowest BCUT2D eigenvalue weighted by Gasteiger charge is -2.06. The van der Waals surface area contributed by atoms with E-state index in [9.17, 15) is 0 Å². The van der Waals surface area contributed by atoms with Gasteiger partial charge in [-0.15, -0.1) is 0 Å². The van der Waals surface area contributed by atoms with Gasteiger partial charge in [-0.05, 0) is 19.3 Å². The molecule has 0 aliphatic heterocycles. The average Bonchev–Trinajstić information content (AvgIpc) is 1.89. The highest BCUT2D eigenvalue weighted by atomic mass is 17.1. The average molecular weight is 149 g/mol. The van der Waals surface area contributed by atoms with Gasteiger partial charge in [0.15, 0.2) is 0 Å². The van der Waals surface area contributed by atoms with Gasteiger partial charge in [0.1, 0.15) is 0 Å². The standard InChI is InChI=1S/C6H15NO3/c7-6(5-10-9)3-1-2-4-8/h6,8-9H,1-5,7H2. The van der Waals surface area contributed by atoms with Crippen LogP contribution in [0.2, 0.25) is 0 Å². The molecule has 62 valence electrons. The molecule has 0 spiro atoms. The molecule has 0 aromatic rings. The summed E-state index contributed by atoms with van der Waals surface area (Å²) >= 11 is 0. The summed E-state index contributed by atoms with van der Waals surface area (Å²) in [7, 11) is 0. The Morgan fingerprint density at radius 2 is 2.10 bits per heavy atom. The van der Waals surface area contributed by atoms with Crippen molar-refractivity contribution >= 4 is 0 Å². The fraction of sp³-hybridized carbons (Fsp3) is 1.00. The van der Waals surface area contributed by atoms with Crippen molar-refractivity contribution in [1.29, 1.82) is 0 Å². The Morgan fingerprint density at radius 3 is 2.60 bits per heavy atom. The molecule has 0 aromatic heterocycles. The monoisotopic (exact) mass is 149 g/mol. The van der Waals surface area contributed by atoms with E-state index in [4.69, 9.17) is 16.1 Å². The summed E-state index contributed by atoms with van der Waals surface area (Å²) in [4.78, 5) is 3.85. The predicted molar refractivity (Wildman–Crippen MR) is 37.5 cm³/mol. The first kappa shape index (κ1) is 9.84. The van der Waals surface area contributed by atoms with E-state index in [1.807, 2.05) is 0 Å². The van der Waals surface area contributed by atoms with Gasteiger partial charge < -0.3 is 10.8 Å². The molecule has 0 rings (SSSR count). The second-order valence-electron chi connectivity index (χ2n) is 2.28. The lowest BCUT2D eigenvalue weighted by Crippen LogP contribution is -2.25. The van der Waals surface area contributed by atoms with Gasteiger partial charge in [0.05, 0.1) is 6.61 Å². The van der Waals surface area contributed by atoms with Gasteiger partial charge in [-0.2, -0.15) is 0 Å². The van der Waals surface area contributed by atoms with Crippen LogP contribution >= 0.6 is 0 Å². The Morgan fingerprint density at radius 1 is 1.40 bits per heavy atom. The van der Waals surface area contributed by atoms with Crippen molar-refractivity contribution in [2.75, 3.05) is 13.2 Å². The minimum Gasteiger partial charge on any atom is -0.396 e. The van der Waals surface area contributed by atoms with Crippen LogP contribution < -0.4 is 5.73 Å². The Bertz CT molecular complexity index is 70.0. The number of unbranched alkanes of at least 4 members (excludes halogenated alkanes) is 1. The fourth-order valence-electron chi connectivity index (χ4n) is 0.697. The van der Waals surface area contributed by atoms with Crippen LogP contribution in [0.1, 0.15) is 19.3 Å². The van der Waals surface area contributed by atoms with Gasteiger partial charge in [0.25, 0.3) is 0 Å². The van der Waals surface area contributed by atoms with Crippen LogP contribution in [0.5, 0.6) is 0 Å². The Kier molecular flexibility index (Phi) is 6.84. The quantitative estimate of drug-likeness (QED) is 0.281. The Labute approximate surface area is 60.5 Å². The van der Waals surface area contributed by atoms with E-state index in [-0.39, 0.29) is 19.3 Å². The summed E-state index contributed by atoms with van der Waals surface area (Å²) in [6.45, 7) is 0.373. The van der Waals surface area contributed by atoms with E-state index < -0.39 is 0 Å². The second-order valence-corrected chi connectivity index (χ2v) is 2.28. The number of aliphatic hydroxyl groups excluding tert-OH is 1. The van der Waals surface area contributed by atoms with E-state index in [0.29, 0.717) is 0 Å². The van der Waals surface area contributed by atoms with Crippen molar-refractivity contribution in [2.24, 2.45) is 5.73 Å². The normalized spacial score (nSPS) is 13.5. The predicted octanol–water partition coefficient (Wildman–Crippen LogP) is -0.0341. The van der Waals surface area contributed by atoms with E-state index in [1.54, 1.807) is 0 Å². The molecule has 0 aliphatic rings. The van der Waals surface area contributed by atoms with Crippen LogP contribution in [0.3, 0.4) is 0 Å². The first-order chi connectivity index (χ1) is 4.81. The highest BCUT2D eigenvalue weighted by Gasteiger charge is 2.00. The van der Waals surface area contributed by atoms with Gasteiger partial charge >= 0.3 is 0 Å². The largest absolute Gasteiger partial charge is 0.396 e. The van der Waals surface area contributed by atoms with Crippen molar-refractivity contribution in [3.8, 4) is 0 Å². The van der Waals surface area contributed by atoms with Crippen LogP contribution in [0, 0.1) is 0 Å². The lowest BCUT2D eigenvalue weighted by atomic mass is 10.1. The maximum atomic E-state index is 8.39. The van der Waals surface area contributed by atoms with Crippen molar-refractivity contribution in [3.63, 3.8) is 0 Å². The van der Waals surface area contributed by atoms with Crippen LogP contribution in [0.4, 0.5) is 0 Å². The molecule has 4 heteroatoms. The van der Waals surface area contributed by atoms with Crippen molar-refractivity contribution < 1.29 is 15.3 Å². The zero-order valence-corrected chi connectivity index (χ0v) is 5.99. The molecule has 4 N–H and O–H groups in total. The first-order valence-electron chi connectivity index (χ1n) is 3.44. The van der Waals surface area contributed by atoms with Gasteiger partial charge in [0.2, 0.25) is 0 Å². The summed E-state index contributed by atoms with van der Waals surface area (Å²) in [6.07, 6.45) is 2.42. The molecular weight excluding hydrogens is 134 g/mol. The molecule has 10 heavy (non-hydrogen) atoms. The van der Waals surface area contributed by atoms with E-state index in [2.05, 4.69) is 4.89 Å². The topological polar surface area (TPSA) is 75.7 Å². The zero-order valence-electron chi connectivity index (χ0n) is 5.99. The second kappa shape index (κ2) is 6.95. The third-order valence-electron chi connectivity index (χ3n) is 1.27. The SMILES string of the molecule is NC(CCCCO)COO. The third kappa shape index (κ3) is 5.97. The Balaban J connectivity index is 2.97. The molecule has 0 saturated heterocycles. The molecule has 0 amide bonds. The molecule has 1 unspecified atom stereocenters. The number of rotatable bonds is 6. The highest BCUT2D eigenvalue weighted by Crippen LogP contribution is 1.97. The minimum absolute atomic E-state index is 0.114. The molecule has 0 saturated carbocycles. The molecule has 0 fully saturated rings. The summed E-state index contributed by atoms with van der Waals surface area (Å²) in [5.41, 5.74) is 5.46. The summed E-state index contributed by atoms with van der Waals surface area (Å²) in [5.74, 6) is 0.